The highest BCUT2D eigenvalue weighted by atomic mass is 79.9. The fraction of sp³-hybridized carbons (Fsp3) is 0.333. The molecule has 19 heavy (non-hydrogen) atoms. The average molecular weight is 323 g/mol. The lowest BCUT2D eigenvalue weighted by Gasteiger charge is -2.08. The minimum Gasteiger partial charge on any atom is -0.493 e. The van der Waals surface area contributed by atoms with Crippen LogP contribution in [0.25, 0.3) is 0 Å². The van der Waals surface area contributed by atoms with E-state index in [2.05, 4.69) is 28.1 Å². The van der Waals surface area contributed by atoms with E-state index in [1.165, 1.54) is 11.1 Å². The van der Waals surface area contributed by atoms with Crippen molar-refractivity contribution in [2.75, 3.05) is 6.61 Å². The maximum absolute atomic E-state index is 10.0. The van der Waals surface area contributed by atoms with Gasteiger partial charge in [-0.2, -0.15) is 0 Å². The number of hydrogen-bond acceptors (Lipinski definition) is 3. The molecule has 0 saturated heterocycles. The van der Waals surface area contributed by atoms with Gasteiger partial charge in [0.2, 0.25) is 0 Å². The van der Waals surface area contributed by atoms with Crippen molar-refractivity contribution in [3.63, 3.8) is 0 Å². The standard InChI is InChI=1S/C15H15BrO3/c16-15-6-5-14(19-15)12(17)3-1-10-2-4-13-11(9-10)7-8-18-13/h2,4-6,9,12,17H,1,3,7-8H2. The van der Waals surface area contributed by atoms with E-state index in [-0.39, 0.29) is 0 Å². The summed E-state index contributed by atoms with van der Waals surface area (Å²) in [5.41, 5.74) is 2.50. The minimum atomic E-state index is -0.559. The molecule has 4 heteroatoms. The van der Waals surface area contributed by atoms with Crippen LogP contribution in [0.4, 0.5) is 0 Å². The smallest absolute Gasteiger partial charge is 0.169 e. The second kappa shape index (κ2) is 5.39. The molecule has 0 aliphatic carbocycles. The first-order chi connectivity index (χ1) is 9.22. The maximum atomic E-state index is 10.0. The van der Waals surface area contributed by atoms with Crippen LogP contribution >= 0.6 is 15.9 Å². The van der Waals surface area contributed by atoms with Gasteiger partial charge in [-0.05, 0) is 58.1 Å². The first-order valence-corrected chi connectivity index (χ1v) is 7.19. The number of aliphatic hydroxyl groups is 1. The molecule has 1 unspecified atom stereocenters. The molecular weight excluding hydrogens is 308 g/mol. The fourth-order valence-electron chi connectivity index (χ4n) is 2.35. The lowest BCUT2D eigenvalue weighted by molar-refractivity contribution is 0.139. The third-order valence-corrected chi connectivity index (χ3v) is 3.81. The van der Waals surface area contributed by atoms with Crippen LogP contribution in [0.3, 0.4) is 0 Å². The number of aliphatic hydroxyl groups excluding tert-OH is 1. The number of ether oxygens (including phenoxy) is 1. The number of aryl methyl sites for hydroxylation is 1. The fourth-order valence-corrected chi connectivity index (χ4v) is 2.67. The topological polar surface area (TPSA) is 42.6 Å². The third-order valence-electron chi connectivity index (χ3n) is 3.38. The molecule has 2 aromatic rings. The van der Waals surface area contributed by atoms with Gasteiger partial charge >= 0.3 is 0 Å². The summed E-state index contributed by atoms with van der Waals surface area (Å²) in [5.74, 6) is 1.61. The highest BCUT2D eigenvalue weighted by Crippen LogP contribution is 2.28. The molecule has 0 bridgehead atoms. The van der Waals surface area contributed by atoms with Gasteiger partial charge in [-0.1, -0.05) is 12.1 Å². The summed E-state index contributed by atoms with van der Waals surface area (Å²) < 4.78 is 11.5. The number of benzene rings is 1. The Labute approximate surface area is 120 Å². The molecule has 1 aromatic carbocycles. The molecule has 0 spiro atoms. The van der Waals surface area contributed by atoms with Gasteiger partial charge in [0.15, 0.2) is 4.67 Å². The summed E-state index contributed by atoms with van der Waals surface area (Å²) in [6.45, 7) is 0.780. The molecule has 1 atom stereocenters. The Morgan fingerprint density at radius 3 is 2.95 bits per heavy atom. The van der Waals surface area contributed by atoms with E-state index >= 15 is 0 Å². The zero-order valence-corrected chi connectivity index (χ0v) is 12.0. The lowest BCUT2D eigenvalue weighted by atomic mass is 10.0. The molecule has 1 aliphatic heterocycles. The Morgan fingerprint density at radius 2 is 2.16 bits per heavy atom. The molecule has 0 fully saturated rings. The zero-order valence-electron chi connectivity index (χ0n) is 10.4. The van der Waals surface area contributed by atoms with Crippen LogP contribution in [0.2, 0.25) is 0 Å². The molecule has 2 heterocycles. The molecule has 3 nitrogen and oxygen atoms in total. The zero-order chi connectivity index (χ0) is 13.2. The summed E-state index contributed by atoms with van der Waals surface area (Å²) >= 11 is 3.24. The molecule has 1 aromatic heterocycles. The van der Waals surface area contributed by atoms with Gasteiger partial charge in [0.05, 0.1) is 6.61 Å². The second-order valence-corrected chi connectivity index (χ2v) is 5.52. The third kappa shape index (κ3) is 2.85. The van der Waals surface area contributed by atoms with Crippen molar-refractivity contribution < 1.29 is 14.3 Å². The van der Waals surface area contributed by atoms with Crippen LogP contribution in [0.1, 0.15) is 29.4 Å². The number of hydrogen-bond donors (Lipinski definition) is 1. The molecule has 1 aliphatic rings. The highest BCUT2D eigenvalue weighted by molar-refractivity contribution is 9.10. The normalized spacial score (nSPS) is 15.1. The molecular formula is C15H15BrO3. The Morgan fingerprint density at radius 1 is 1.26 bits per heavy atom. The average Bonchev–Trinajstić information content (AvgIpc) is 3.03. The summed E-state index contributed by atoms with van der Waals surface area (Å²) in [5, 5.41) is 10.0. The van der Waals surface area contributed by atoms with Crippen LogP contribution < -0.4 is 4.74 Å². The summed E-state index contributed by atoms with van der Waals surface area (Å²) in [4.78, 5) is 0. The van der Waals surface area contributed by atoms with Crippen molar-refractivity contribution in [3.05, 3.63) is 51.9 Å². The molecule has 0 radical (unpaired) electrons. The second-order valence-electron chi connectivity index (χ2n) is 4.74. The molecule has 0 amide bonds. The SMILES string of the molecule is OC(CCc1ccc2c(c1)CCO2)c1ccc(Br)o1. The van der Waals surface area contributed by atoms with Crippen LogP contribution in [0, 0.1) is 0 Å². The van der Waals surface area contributed by atoms with Gasteiger partial charge < -0.3 is 14.3 Å². The summed E-state index contributed by atoms with van der Waals surface area (Å²) in [6.07, 6.45) is 1.90. The van der Waals surface area contributed by atoms with Crippen molar-refractivity contribution in [2.45, 2.75) is 25.4 Å². The largest absolute Gasteiger partial charge is 0.493 e. The molecule has 100 valence electrons. The summed E-state index contributed by atoms with van der Waals surface area (Å²) in [7, 11) is 0. The van der Waals surface area contributed by atoms with Gasteiger partial charge in [-0.15, -0.1) is 0 Å². The Bertz CT molecular complexity index is 577. The highest BCUT2D eigenvalue weighted by Gasteiger charge is 2.14. The first-order valence-electron chi connectivity index (χ1n) is 6.40. The van der Waals surface area contributed by atoms with Gasteiger partial charge in [0, 0.05) is 6.42 Å². The maximum Gasteiger partial charge on any atom is 0.169 e. The molecule has 0 saturated carbocycles. The number of furan rings is 1. The molecule has 3 rings (SSSR count). The molecule has 1 N–H and O–H groups in total. The van der Waals surface area contributed by atoms with Crippen LogP contribution in [0.5, 0.6) is 5.75 Å². The van der Waals surface area contributed by atoms with Crippen molar-refractivity contribution in [3.8, 4) is 5.75 Å². The van der Waals surface area contributed by atoms with Gasteiger partial charge in [-0.25, -0.2) is 0 Å². The minimum absolute atomic E-state index is 0.559. The predicted molar refractivity (Wildman–Crippen MR) is 75.3 cm³/mol. The summed E-state index contributed by atoms with van der Waals surface area (Å²) in [6, 6.07) is 9.85. The van der Waals surface area contributed by atoms with Crippen LogP contribution in [-0.2, 0) is 12.8 Å². The Kier molecular flexibility index (Phi) is 3.62. The van der Waals surface area contributed by atoms with E-state index in [1.54, 1.807) is 12.1 Å². The Hall–Kier alpha value is -1.26. The van der Waals surface area contributed by atoms with Crippen LogP contribution in [-0.4, -0.2) is 11.7 Å². The van der Waals surface area contributed by atoms with E-state index in [0.29, 0.717) is 16.9 Å². The number of fused-ring (bicyclic) bond motifs is 1. The van der Waals surface area contributed by atoms with Crippen molar-refractivity contribution in [1.29, 1.82) is 0 Å². The lowest BCUT2D eigenvalue weighted by Crippen LogP contribution is -1.98. The quantitative estimate of drug-likeness (QED) is 0.934. The van der Waals surface area contributed by atoms with Crippen molar-refractivity contribution in [2.24, 2.45) is 0 Å². The van der Waals surface area contributed by atoms with E-state index < -0.39 is 6.10 Å². The van der Waals surface area contributed by atoms with Crippen molar-refractivity contribution >= 4 is 15.9 Å². The van der Waals surface area contributed by atoms with E-state index in [9.17, 15) is 5.11 Å². The number of rotatable bonds is 4. The van der Waals surface area contributed by atoms with E-state index in [4.69, 9.17) is 9.15 Å². The van der Waals surface area contributed by atoms with E-state index in [1.807, 2.05) is 6.07 Å². The van der Waals surface area contributed by atoms with Crippen molar-refractivity contribution in [1.82, 2.24) is 0 Å². The van der Waals surface area contributed by atoms with Gasteiger partial charge in [0.1, 0.15) is 17.6 Å². The monoisotopic (exact) mass is 322 g/mol. The van der Waals surface area contributed by atoms with Gasteiger partial charge in [-0.3, -0.25) is 0 Å². The first kappa shape index (κ1) is 12.8. The van der Waals surface area contributed by atoms with Crippen LogP contribution in [0.15, 0.2) is 39.4 Å². The van der Waals surface area contributed by atoms with E-state index in [0.717, 1.165) is 25.2 Å². The predicted octanol–water partition coefficient (Wildman–Crippen LogP) is 3.64. The number of halogens is 1. The Balaban J connectivity index is 1.63. The van der Waals surface area contributed by atoms with Gasteiger partial charge in [0.25, 0.3) is 0 Å².